The number of halogens is 1. The standard InChI is InChI=1S/C19H36N4O.HI/c1-20-19(21-11-5-13-24-18-6-3-2-4-7-18)22-14-16-10-12-23(15-16)17-8-9-17;/h16-18H,2-15H2,1H3,(H2,20,21,22);1H. The zero-order valence-electron chi connectivity index (χ0n) is 15.8. The van der Waals surface area contributed by atoms with Crippen molar-refractivity contribution < 1.29 is 4.74 Å². The number of hydrogen-bond acceptors (Lipinski definition) is 3. The maximum atomic E-state index is 5.97. The zero-order chi connectivity index (χ0) is 16.6. The minimum Gasteiger partial charge on any atom is -0.378 e. The van der Waals surface area contributed by atoms with Crippen LogP contribution in [0.3, 0.4) is 0 Å². The lowest BCUT2D eigenvalue weighted by atomic mass is 9.98. The van der Waals surface area contributed by atoms with E-state index in [-0.39, 0.29) is 24.0 Å². The third kappa shape index (κ3) is 7.59. The SMILES string of the molecule is CN=C(NCCCOC1CCCCC1)NCC1CCN(C2CC2)C1.I. The predicted molar refractivity (Wildman–Crippen MR) is 115 cm³/mol. The van der Waals surface area contributed by atoms with Crippen LogP contribution < -0.4 is 10.6 Å². The minimum absolute atomic E-state index is 0. The van der Waals surface area contributed by atoms with E-state index in [4.69, 9.17) is 4.74 Å². The molecule has 0 amide bonds. The van der Waals surface area contributed by atoms with E-state index >= 15 is 0 Å². The van der Waals surface area contributed by atoms with E-state index in [1.807, 2.05) is 7.05 Å². The second-order valence-corrected chi connectivity index (χ2v) is 7.75. The topological polar surface area (TPSA) is 48.9 Å². The molecule has 1 aliphatic heterocycles. The van der Waals surface area contributed by atoms with Crippen molar-refractivity contribution in [2.45, 2.75) is 69.9 Å². The van der Waals surface area contributed by atoms with Crippen LogP contribution in [0.5, 0.6) is 0 Å². The van der Waals surface area contributed by atoms with Crippen molar-refractivity contribution in [2.24, 2.45) is 10.9 Å². The van der Waals surface area contributed by atoms with Crippen LogP contribution in [0, 0.1) is 5.92 Å². The van der Waals surface area contributed by atoms with Crippen molar-refractivity contribution in [3.8, 4) is 0 Å². The molecule has 5 nitrogen and oxygen atoms in total. The number of nitrogens with zero attached hydrogens (tertiary/aromatic N) is 2. The average molecular weight is 464 g/mol. The van der Waals surface area contributed by atoms with Gasteiger partial charge in [-0.1, -0.05) is 19.3 Å². The summed E-state index contributed by atoms with van der Waals surface area (Å²) in [5.74, 6) is 1.72. The molecule has 0 aromatic rings. The van der Waals surface area contributed by atoms with Gasteiger partial charge in [0, 0.05) is 39.3 Å². The Kier molecular flexibility index (Phi) is 9.84. The summed E-state index contributed by atoms with van der Waals surface area (Å²) in [6, 6.07) is 0.914. The van der Waals surface area contributed by atoms with Crippen molar-refractivity contribution >= 4 is 29.9 Å². The number of nitrogens with one attached hydrogen (secondary N) is 2. The van der Waals surface area contributed by atoms with Crippen molar-refractivity contribution in [2.75, 3.05) is 39.8 Å². The molecule has 0 spiro atoms. The van der Waals surface area contributed by atoms with Gasteiger partial charge in [-0.25, -0.2) is 0 Å². The molecule has 0 bridgehead atoms. The molecule has 1 atom stereocenters. The molecule has 3 fully saturated rings. The summed E-state index contributed by atoms with van der Waals surface area (Å²) in [6.07, 6.45) is 12.4. The molecule has 6 heteroatoms. The lowest BCUT2D eigenvalue weighted by Gasteiger charge is -2.22. The Hall–Kier alpha value is -0.0800. The Morgan fingerprint density at radius 2 is 1.88 bits per heavy atom. The molecule has 25 heavy (non-hydrogen) atoms. The number of guanidine groups is 1. The maximum absolute atomic E-state index is 5.97. The van der Waals surface area contributed by atoms with Gasteiger partial charge in [0.1, 0.15) is 0 Å². The van der Waals surface area contributed by atoms with Gasteiger partial charge in [0.25, 0.3) is 0 Å². The minimum atomic E-state index is 0. The molecule has 3 aliphatic rings. The van der Waals surface area contributed by atoms with E-state index in [0.717, 1.165) is 44.0 Å². The Balaban J connectivity index is 0.00000225. The van der Waals surface area contributed by atoms with Crippen LogP contribution in [0.15, 0.2) is 4.99 Å². The average Bonchev–Trinajstić information content (AvgIpc) is 3.37. The van der Waals surface area contributed by atoms with Gasteiger partial charge in [0.15, 0.2) is 5.96 Å². The van der Waals surface area contributed by atoms with Crippen LogP contribution in [0.1, 0.15) is 57.8 Å². The monoisotopic (exact) mass is 464 g/mol. The van der Waals surface area contributed by atoms with Crippen LogP contribution >= 0.6 is 24.0 Å². The summed E-state index contributed by atoms with van der Waals surface area (Å²) in [4.78, 5) is 7.01. The van der Waals surface area contributed by atoms with Crippen LogP contribution in [-0.2, 0) is 4.74 Å². The third-order valence-corrected chi connectivity index (χ3v) is 5.68. The van der Waals surface area contributed by atoms with Gasteiger partial charge in [-0.05, 0) is 51.0 Å². The van der Waals surface area contributed by atoms with Crippen LogP contribution in [0.2, 0.25) is 0 Å². The molecule has 1 unspecified atom stereocenters. The summed E-state index contributed by atoms with van der Waals surface area (Å²) in [7, 11) is 1.86. The normalized spacial score (nSPS) is 25.6. The van der Waals surface area contributed by atoms with E-state index < -0.39 is 0 Å². The smallest absolute Gasteiger partial charge is 0.190 e. The maximum Gasteiger partial charge on any atom is 0.190 e. The fourth-order valence-corrected chi connectivity index (χ4v) is 4.02. The lowest BCUT2D eigenvalue weighted by Crippen LogP contribution is -2.41. The van der Waals surface area contributed by atoms with Crippen molar-refractivity contribution in [3.63, 3.8) is 0 Å². The number of likely N-dealkylation sites (tertiary alicyclic amines) is 1. The molecular formula is C19H37IN4O. The van der Waals surface area contributed by atoms with E-state index in [0.29, 0.717) is 6.10 Å². The van der Waals surface area contributed by atoms with Gasteiger partial charge in [-0.3, -0.25) is 4.99 Å². The van der Waals surface area contributed by atoms with E-state index in [2.05, 4.69) is 20.5 Å². The first-order valence-electron chi connectivity index (χ1n) is 10.2. The molecule has 1 saturated heterocycles. The van der Waals surface area contributed by atoms with Crippen LogP contribution in [-0.4, -0.2) is 62.8 Å². The van der Waals surface area contributed by atoms with Crippen molar-refractivity contribution in [1.29, 1.82) is 0 Å². The van der Waals surface area contributed by atoms with Gasteiger partial charge in [-0.2, -0.15) is 0 Å². The van der Waals surface area contributed by atoms with Gasteiger partial charge in [0.05, 0.1) is 6.10 Å². The summed E-state index contributed by atoms with van der Waals surface area (Å²) < 4.78 is 5.97. The first-order valence-corrected chi connectivity index (χ1v) is 10.2. The number of rotatable bonds is 8. The molecule has 3 rings (SSSR count). The van der Waals surface area contributed by atoms with Gasteiger partial charge in [-0.15, -0.1) is 24.0 Å². The fourth-order valence-electron chi connectivity index (χ4n) is 4.02. The third-order valence-electron chi connectivity index (χ3n) is 5.68. The summed E-state index contributed by atoms with van der Waals surface area (Å²) in [5, 5.41) is 6.93. The highest BCUT2D eigenvalue weighted by Crippen LogP contribution is 2.31. The summed E-state index contributed by atoms with van der Waals surface area (Å²) >= 11 is 0. The van der Waals surface area contributed by atoms with E-state index in [1.165, 1.54) is 64.5 Å². The molecular weight excluding hydrogens is 427 g/mol. The molecule has 2 saturated carbocycles. The molecule has 2 N–H and O–H groups in total. The highest BCUT2D eigenvalue weighted by molar-refractivity contribution is 14.0. The van der Waals surface area contributed by atoms with Gasteiger partial charge < -0.3 is 20.3 Å². The first kappa shape index (κ1) is 21.2. The number of ether oxygens (including phenoxy) is 1. The van der Waals surface area contributed by atoms with Crippen molar-refractivity contribution in [1.82, 2.24) is 15.5 Å². The lowest BCUT2D eigenvalue weighted by molar-refractivity contribution is 0.0277. The van der Waals surface area contributed by atoms with E-state index in [1.54, 1.807) is 0 Å². The summed E-state index contributed by atoms with van der Waals surface area (Å²) in [6.45, 7) is 5.41. The molecule has 146 valence electrons. The Morgan fingerprint density at radius 1 is 1.08 bits per heavy atom. The fraction of sp³-hybridized carbons (Fsp3) is 0.947. The molecule has 0 aromatic carbocycles. The van der Waals surface area contributed by atoms with Crippen molar-refractivity contribution in [3.05, 3.63) is 0 Å². The second-order valence-electron chi connectivity index (χ2n) is 7.75. The largest absolute Gasteiger partial charge is 0.378 e. The zero-order valence-corrected chi connectivity index (χ0v) is 18.2. The molecule has 0 radical (unpaired) electrons. The highest BCUT2D eigenvalue weighted by Gasteiger charge is 2.34. The molecule has 1 heterocycles. The number of aliphatic imine (C=N–C) groups is 1. The van der Waals surface area contributed by atoms with Crippen LogP contribution in [0.25, 0.3) is 0 Å². The van der Waals surface area contributed by atoms with Gasteiger partial charge in [0.2, 0.25) is 0 Å². The van der Waals surface area contributed by atoms with Gasteiger partial charge >= 0.3 is 0 Å². The Morgan fingerprint density at radius 3 is 2.60 bits per heavy atom. The highest BCUT2D eigenvalue weighted by atomic mass is 127. The molecule has 2 aliphatic carbocycles. The van der Waals surface area contributed by atoms with E-state index in [9.17, 15) is 0 Å². The van der Waals surface area contributed by atoms with Crippen LogP contribution in [0.4, 0.5) is 0 Å². The second kappa shape index (κ2) is 11.6. The molecule has 0 aromatic heterocycles. The predicted octanol–water partition coefficient (Wildman–Crippen LogP) is 2.99. The summed E-state index contributed by atoms with van der Waals surface area (Å²) in [5.41, 5.74) is 0. The first-order chi connectivity index (χ1) is 11.8. The Labute approximate surface area is 170 Å². The number of hydrogen-bond donors (Lipinski definition) is 2. The quantitative estimate of drug-likeness (QED) is 0.251. The Bertz CT molecular complexity index is 397.